The first-order valence-electron chi connectivity index (χ1n) is 8.73. The van der Waals surface area contributed by atoms with Crippen LogP contribution in [0.2, 0.25) is 0 Å². The number of rotatable bonds is 6. The van der Waals surface area contributed by atoms with Crippen molar-refractivity contribution in [1.29, 1.82) is 5.26 Å². The number of hydrogen-bond acceptors (Lipinski definition) is 2. The summed E-state index contributed by atoms with van der Waals surface area (Å²) < 4.78 is 15.4. The molecule has 136 valence electrons. The van der Waals surface area contributed by atoms with Crippen LogP contribution in [0.3, 0.4) is 0 Å². The minimum Gasteiger partial charge on any atom is -0.349 e. The van der Waals surface area contributed by atoms with Gasteiger partial charge in [-0.05, 0) is 68.7 Å². The highest BCUT2D eigenvalue weighted by Gasteiger charge is 2.14. The number of unbranched alkanes of at least 4 members (excludes halogenated alkanes) is 1. The van der Waals surface area contributed by atoms with E-state index in [0.29, 0.717) is 11.3 Å². The lowest BCUT2D eigenvalue weighted by Crippen LogP contribution is -2.14. The van der Waals surface area contributed by atoms with Gasteiger partial charge in [-0.25, -0.2) is 4.39 Å². The Balaban J connectivity index is 2.27. The fourth-order valence-corrected chi connectivity index (χ4v) is 2.90. The van der Waals surface area contributed by atoms with E-state index in [1.165, 1.54) is 18.2 Å². The molecule has 0 saturated carbocycles. The predicted molar refractivity (Wildman–Crippen MR) is 102 cm³/mol. The third-order valence-electron chi connectivity index (χ3n) is 4.45. The van der Waals surface area contributed by atoms with Gasteiger partial charge in [-0.2, -0.15) is 5.26 Å². The number of aromatic nitrogens is 1. The molecule has 0 radical (unpaired) electrons. The third kappa shape index (κ3) is 4.40. The van der Waals surface area contributed by atoms with E-state index < -0.39 is 5.91 Å². The number of nitrogens with zero attached hydrogens (tertiary/aromatic N) is 2. The van der Waals surface area contributed by atoms with Crippen molar-refractivity contribution in [3.8, 4) is 6.07 Å². The maximum atomic E-state index is 13.2. The van der Waals surface area contributed by atoms with E-state index in [4.69, 9.17) is 0 Å². The van der Waals surface area contributed by atoms with E-state index in [0.717, 1.165) is 36.3 Å². The van der Waals surface area contributed by atoms with Gasteiger partial charge in [-0.15, -0.1) is 0 Å². The summed E-state index contributed by atoms with van der Waals surface area (Å²) in [6, 6.07) is 8.06. The number of halogens is 1. The highest BCUT2D eigenvalue weighted by Crippen LogP contribution is 2.21. The van der Waals surface area contributed by atoms with E-state index >= 15 is 0 Å². The van der Waals surface area contributed by atoms with Crippen LogP contribution in [-0.2, 0) is 11.3 Å². The topological polar surface area (TPSA) is 57.8 Å². The first-order chi connectivity index (χ1) is 12.4. The summed E-state index contributed by atoms with van der Waals surface area (Å²) in [6.07, 6.45) is 3.79. The van der Waals surface area contributed by atoms with Crippen LogP contribution in [0.5, 0.6) is 0 Å². The Morgan fingerprint density at radius 3 is 2.65 bits per heavy atom. The van der Waals surface area contributed by atoms with Gasteiger partial charge in [-0.3, -0.25) is 4.79 Å². The Morgan fingerprint density at radius 2 is 2.04 bits per heavy atom. The van der Waals surface area contributed by atoms with Crippen molar-refractivity contribution in [2.24, 2.45) is 0 Å². The molecule has 0 fully saturated rings. The fraction of sp³-hybridized carbons (Fsp3) is 0.333. The minimum atomic E-state index is -0.499. The summed E-state index contributed by atoms with van der Waals surface area (Å²) in [6.45, 7) is 8.78. The lowest BCUT2D eigenvalue weighted by Gasteiger charge is -2.09. The number of benzene rings is 1. The Morgan fingerprint density at radius 1 is 1.31 bits per heavy atom. The van der Waals surface area contributed by atoms with Gasteiger partial charge in [0.05, 0.1) is 0 Å². The average Bonchev–Trinajstić information content (AvgIpc) is 2.86. The first kappa shape index (κ1) is 19.5. The Labute approximate surface area is 154 Å². The zero-order chi connectivity index (χ0) is 19.3. The molecule has 26 heavy (non-hydrogen) atoms. The molecule has 1 heterocycles. The zero-order valence-electron chi connectivity index (χ0n) is 15.7. The molecular weight excluding hydrogens is 329 g/mol. The number of hydrogen-bond donors (Lipinski definition) is 1. The second kappa shape index (κ2) is 8.48. The highest BCUT2D eigenvalue weighted by atomic mass is 19.1. The smallest absolute Gasteiger partial charge is 0.266 e. The van der Waals surface area contributed by atoms with E-state index in [1.807, 2.05) is 26.0 Å². The molecule has 2 rings (SSSR count). The van der Waals surface area contributed by atoms with Crippen LogP contribution in [0.4, 0.5) is 10.1 Å². The normalized spacial score (nSPS) is 11.3. The van der Waals surface area contributed by atoms with Crippen LogP contribution >= 0.6 is 0 Å². The molecule has 1 N–H and O–H groups in total. The predicted octanol–water partition coefficient (Wildman–Crippen LogP) is 4.90. The monoisotopic (exact) mass is 353 g/mol. The number of nitrogens with one attached hydrogen (secondary N) is 1. The number of anilines is 1. The molecular formula is C21H24FN3O. The standard InChI is InChI=1S/C21H24FN3O/c1-5-6-9-25-15(3)11-17(16(25)4)12-18(13-23)21(26)24-20-8-7-19(22)10-14(20)2/h7-8,10-12H,5-6,9H2,1-4H3,(H,24,26)/b18-12+. The molecule has 0 unspecified atom stereocenters. The van der Waals surface area contributed by atoms with Crippen molar-refractivity contribution < 1.29 is 9.18 Å². The first-order valence-corrected chi connectivity index (χ1v) is 8.73. The van der Waals surface area contributed by atoms with Gasteiger partial charge < -0.3 is 9.88 Å². The number of amides is 1. The van der Waals surface area contributed by atoms with Crippen molar-refractivity contribution in [1.82, 2.24) is 4.57 Å². The van der Waals surface area contributed by atoms with Crippen molar-refractivity contribution in [3.05, 3.63) is 58.2 Å². The molecule has 0 atom stereocenters. The van der Waals surface area contributed by atoms with E-state index in [2.05, 4.69) is 16.8 Å². The van der Waals surface area contributed by atoms with Crippen molar-refractivity contribution in [2.75, 3.05) is 5.32 Å². The van der Waals surface area contributed by atoms with Gasteiger partial charge in [0.15, 0.2) is 0 Å². The van der Waals surface area contributed by atoms with E-state index in [1.54, 1.807) is 13.0 Å². The van der Waals surface area contributed by atoms with E-state index in [9.17, 15) is 14.4 Å². The number of carbonyl (C=O) groups is 1. The lowest BCUT2D eigenvalue weighted by atomic mass is 10.1. The molecule has 2 aromatic rings. The second-order valence-electron chi connectivity index (χ2n) is 6.41. The van der Waals surface area contributed by atoms with Gasteiger partial charge >= 0.3 is 0 Å². The van der Waals surface area contributed by atoms with Gasteiger partial charge in [0.2, 0.25) is 0 Å². The Hall–Kier alpha value is -2.87. The third-order valence-corrected chi connectivity index (χ3v) is 4.45. The number of carbonyl (C=O) groups excluding carboxylic acids is 1. The summed E-state index contributed by atoms with van der Waals surface area (Å²) in [7, 11) is 0. The maximum absolute atomic E-state index is 13.2. The van der Waals surface area contributed by atoms with E-state index in [-0.39, 0.29) is 11.4 Å². The molecule has 1 amide bonds. The number of nitriles is 1. The summed E-state index contributed by atoms with van der Waals surface area (Å²) in [5, 5.41) is 12.1. The van der Waals surface area contributed by atoms with Crippen molar-refractivity contribution >= 4 is 17.7 Å². The molecule has 0 bridgehead atoms. The summed E-state index contributed by atoms with van der Waals surface area (Å²) >= 11 is 0. The SMILES string of the molecule is CCCCn1c(C)cc(/C=C(\C#N)C(=O)Nc2ccc(F)cc2C)c1C. The largest absolute Gasteiger partial charge is 0.349 e. The molecule has 0 aliphatic heterocycles. The van der Waals surface area contributed by atoms with Crippen LogP contribution in [0.1, 0.15) is 42.3 Å². The molecule has 0 aliphatic carbocycles. The van der Waals surface area contributed by atoms with Crippen LogP contribution in [0, 0.1) is 37.9 Å². The zero-order valence-corrected chi connectivity index (χ0v) is 15.7. The Bertz CT molecular complexity index is 887. The summed E-state index contributed by atoms with van der Waals surface area (Å²) in [4.78, 5) is 12.5. The Kier molecular flexibility index (Phi) is 6.35. The summed E-state index contributed by atoms with van der Waals surface area (Å²) in [5.74, 6) is -0.864. The summed E-state index contributed by atoms with van der Waals surface area (Å²) in [5.41, 5.74) is 4.12. The molecule has 5 heteroatoms. The fourth-order valence-electron chi connectivity index (χ4n) is 2.90. The average molecular weight is 353 g/mol. The second-order valence-corrected chi connectivity index (χ2v) is 6.41. The van der Waals surface area contributed by atoms with Gasteiger partial charge in [0.1, 0.15) is 17.5 Å². The molecule has 0 spiro atoms. The van der Waals surface area contributed by atoms with Crippen molar-refractivity contribution in [2.45, 2.75) is 47.1 Å². The van der Waals surface area contributed by atoms with Gasteiger partial charge in [0, 0.05) is 23.6 Å². The molecule has 0 saturated heterocycles. The molecule has 1 aromatic heterocycles. The number of aryl methyl sites for hydroxylation is 2. The minimum absolute atomic E-state index is 0.0180. The molecule has 4 nitrogen and oxygen atoms in total. The van der Waals surface area contributed by atoms with Gasteiger partial charge in [-0.1, -0.05) is 13.3 Å². The van der Waals surface area contributed by atoms with Crippen LogP contribution < -0.4 is 5.32 Å². The maximum Gasteiger partial charge on any atom is 0.266 e. The van der Waals surface area contributed by atoms with Crippen LogP contribution in [0.25, 0.3) is 6.08 Å². The molecule has 0 aliphatic rings. The van der Waals surface area contributed by atoms with Crippen LogP contribution in [0.15, 0.2) is 29.8 Å². The van der Waals surface area contributed by atoms with Crippen molar-refractivity contribution in [3.63, 3.8) is 0 Å². The highest BCUT2D eigenvalue weighted by molar-refractivity contribution is 6.10. The molecule has 1 aromatic carbocycles. The van der Waals surface area contributed by atoms with Crippen LogP contribution in [-0.4, -0.2) is 10.5 Å². The quantitative estimate of drug-likeness (QED) is 0.593. The van der Waals surface area contributed by atoms with Gasteiger partial charge in [0.25, 0.3) is 5.91 Å². The lowest BCUT2D eigenvalue weighted by molar-refractivity contribution is -0.112.